The normalized spacial score (nSPS) is 28.4. The maximum Gasteiger partial charge on any atom is 0.184 e. The summed E-state index contributed by atoms with van der Waals surface area (Å²) in [4.78, 5) is 0. The van der Waals surface area contributed by atoms with Crippen molar-refractivity contribution in [3.8, 4) is 5.75 Å². The molecule has 1 aromatic rings. The standard InChI is InChI=1S/C15H22O3/c1-10(2)14-11(3)9-17-15(18-14)12-5-7-13(16-4)8-6-12/h5-8,10-11,14-15H,9H2,1-4H3/t11-,14?,15+/m1/s1. The summed E-state index contributed by atoms with van der Waals surface area (Å²) in [6, 6.07) is 7.86. The van der Waals surface area contributed by atoms with Gasteiger partial charge in [0.05, 0.1) is 19.8 Å². The first-order valence-corrected chi connectivity index (χ1v) is 6.53. The molecule has 1 aliphatic heterocycles. The van der Waals surface area contributed by atoms with Crippen molar-refractivity contribution in [1.82, 2.24) is 0 Å². The van der Waals surface area contributed by atoms with Crippen molar-refractivity contribution in [3.63, 3.8) is 0 Å². The van der Waals surface area contributed by atoms with Crippen molar-refractivity contribution in [2.45, 2.75) is 33.2 Å². The molecule has 0 saturated carbocycles. The molecule has 3 heteroatoms. The molecule has 1 aliphatic rings. The topological polar surface area (TPSA) is 27.7 Å². The Balaban J connectivity index is 2.08. The third-order valence-corrected chi connectivity index (χ3v) is 3.40. The maximum absolute atomic E-state index is 6.06. The van der Waals surface area contributed by atoms with Crippen molar-refractivity contribution < 1.29 is 14.2 Å². The van der Waals surface area contributed by atoms with Crippen LogP contribution in [0.2, 0.25) is 0 Å². The van der Waals surface area contributed by atoms with Crippen LogP contribution in [0.15, 0.2) is 24.3 Å². The molecule has 18 heavy (non-hydrogen) atoms. The van der Waals surface area contributed by atoms with Gasteiger partial charge in [0.1, 0.15) is 5.75 Å². The Bertz CT molecular complexity index is 372. The lowest BCUT2D eigenvalue weighted by molar-refractivity contribution is -0.248. The second-order valence-electron chi connectivity index (χ2n) is 5.26. The fraction of sp³-hybridized carbons (Fsp3) is 0.600. The number of benzene rings is 1. The summed E-state index contributed by atoms with van der Waals surface area (Å²) in [5.41, 5.74) is 1.05. The smallest absolute Gasteiger partial charge is 0.184 e. The van der Waals surface area contributed by atoms with Gasteiger partial charge in [-0.1, -0.05) is 32.9 Å². The van der Waals surface area contributed by atoms with Crippen LogP contribution in [-0.2, 0) is 9.47 Å². The van der Waals surface area contributed by atoms with Gasteiger partial charge >= 0.3 is 0 Å². The number of methoxy groups -OCH3 is 1. The van der Waals surface area contributed by atoms with Gasteiger partial charge in [0.15, 0.2) is 6.29 Å². The third kappa shape index (κ3) is 2.85. The zero-order valence-electron chi connectivity index (χ0n) is 11.6. The van der Waals surface area contributed by atoms with Gasteiger partial charge < -0.3 is 14.2 Å². The molecule has 0 spiro atoms. The Hall–Kier alpha value is -1.06. The van der Waals surface area contributed by atoms with Crippen molar-refractivity contribution in [2.24, 2.45) is 11.8 Å². The molecule has 0 aliphatic carbocycles. The number of hydrogen-bond donors (Lipinski definition) is 0. The summed E-state index contributed by atoms with van der Waals surface area (Å²) in [5, 5.41) is 0. The first-order valence-electron chi connectivity index (χ1n) is 6.53. The molecule has 1 heterocycles. The van der Waals surface area contributed by atoms with Gasteiger partial charge in [0.25, 0.3) is 0 Å². The first-order chi connectivity index (χ1) is 8.61. The van der Waals surface area contributed by atoms with E-state index in [2.05, 4.69) is 20.8 Å². The Morgan fingerprint density at radius 1 is 1.22 bits per heavy atom. The summed E-state index contributed by atoms with van der Waals surface area (Å²) < 4.78 is 17.0. The minimum Gasteiger partial charge on any atom is -0.497 e. The molecule has 3 nitrogen and oxygen atoms in total. The number of hydrogen-bond acceptors (Lipinski definition) is 3. The van der Waals surface area contributed by atoms with Gasteiger partial charge in [0.2, 0.25) is 0 Å². The Morgan fingerprint density at radius 2 is 1.89 bits per heavy atom. The van der Waals surface area contributed by atoms with E-state index in [-0.39, 0.29) is 12.4 Å². The van der Waals surface area contributed by atoms with Crippen LogP contribution in [0.4, 0.5) is 0 Å². The molecule has 2 rings (SSSR count). The van der Waals surface area contributed by atoms with Gasteiger partial charge in [-0.3, -0.25) is 0 Å². The minimum absolute atomic E-state index is 0.250. The summed E-state index contributed by atoms with van der Waals surface area (Å²) in [6.45, 7) is 7.31. The van der Waals surface area contributed by atoms with E-state index in [4.69, 9.17) is 14.2 Å². The van der Waals surface area contributed by atoms with Crippen LogP contribution in [-0.4, -0.2) is 19.8 Å². The van der Waals surface area contributed by atoms with Crippen LogP contribution in [0.3, 0.4) is 0 Å². The van der Waals surface area contributed by atoms with Gasteiger partial charge in [0, 0.05) is 11.5 Å². The molecule has 0 bridgehead atoms. The zero-order chi connectivity index (χ0) is 13.1. The maximum atomic E-state index is 6.06. The SMILES string of the molecule is COc1ccc([C@H]2OC[C@@H](C)C(C(C)C)O2)cc1. The molecule has 3 atom stereocenters. The van der Waals surface area contributed by atoms with Crippen LogP contribution < -0.4 is 4.74 Å². The van der Waals surface area contributed by atoms with Gasteiger partial charge in [-0.25, -0.2) is 0 Å². The summed E-state index contributed by atoms with van der Waals surface area (Å²) >= 11 is 0. The molecular weight excluding hydrogens is 228 g/mol. The van der Waals surface area contributed by atoms with Gasteiger partial charge in [-0.15, -0.1) is 0 Å². The van der Waals surface area contributed by atoms with E-state index >= 15 is 0 Å². The van der Waals surface area contributed by atoms with Gasteiger partial charge in [-0.05, 0) is 18.1 Å². The largest absolute Gasteiger partial charge is 0.497 e. The predicted molar refractivity (Wildman–Crippen MR) is 70.6 cm³/mol. The molecule has 1 fully saturated rings. The highest BCUT2D eigenvalue weighted by molar-refractivity contribution is 5.27. The molecule has 0 aromatic heterocycles. The Labute approximate surface area is 109 Å². The van der Waals surface area contributed by atoms with E-state index in [0.717, 1.165) is 17.9 Å². The highest BCUT2D eigenvalue weighted by Gasteiger charge is 2.31. The third-order valence-electron chi connectivity index (χ3n) is 3.40. The van der Waals surface area contributed by atoms with Crippen LogP contribution in [0, 0.1) is 11.8 Å². The van der Waals surface area contributed by atoms with E-state index in [0.29, 0.717) is 11.8 Å². The first kappa shape index (κ1) is 13.4. The van der Waals surface area contributed by atoms with E-state index in [1.807, 2.05) is 24.3 Å². The van der Waals surface area contributed by atoms with Crippen LogP contribution in [0.1, 0.15) is 32.6 Å². The number of ether oxygens (including phenoxy) is 3. The van der Waals surface area contributed by atoms with E-state index in [1.165, 1.54) is 0 Å². The average molecular weight is 250 g/mol. The molecular formula is C15H22O3. The second-order valence-corrected chi connectivity index (χ2v) is 5.26. The van der Waals surface area contributed by atoms with Crippen LogP contribution in [0.5, 0.6) is 5.75 Å². The minimum atomic E-state index is -0.250. The lowest BCUT2D eigenvalue weighted by Crippen LogP contribution is -2.37. The summed E-state index contributed by atoms with van der Waals surface area (Å²) in [5.74, 6) is 1.80. The molecule has 0 amide bonds. The summed E-state index contributed by atoms with van der Waals surface area (Å²) in [7, 11) is 1.67. The molecule has 1 saturated heterocycles. The fourth-order valence-corrected chi connectivity index (χ4v) is 2.40. The van der Waals surface area contributed by atoms with Crippen molar-refractivity contribution in [2.75, 3.05) is 13.7 Å². The molecule has 1 aromatic carbocycles. The molecule has 0 N–H and O–H groups in total. The van der Waals surface area contributed by atoms with Crippen LogP contribution in [0.25, 0.3) is 0 Å². The Kier molecular flexibility index (Phi) is 4.25. The summed E-state index contributed by atoms with van der Waals surface area (Å²) in [6.07, 6.45) is 0.00496. The zero-order valence-corrected chi connectivity index (χ0v) is 11.6. The number of rotatable bonds is 3. The molecule has 1 unspecified atom stereocenters. The van der Waals surface area contributed by atoms with E-state index in [1.54, 1.807) is 7.11 Å². The molecule has 100 valence electrons. The van der Waals surface area contributed by atoms with Crippen LogP contribution >= 0.6 is 0 Å². The second kappa shape index (κ2) is 5.72. The highest BCUT2D eigenvalue weighted by Crippen LogP contribution is 2.32. The fourth-order valence-electron chi connectivity index (χ4n) is 2.40. The quantitative estimate of drug-likeness (QED) is 0.823. The highest BCUT2D eigenvalue weighted by atomic mass is 16.7. The van der Waals surface area contributed by atoms with Gasteiger partial charge in [-0.2, -0.15) is 0 Å². The predicted octanol–water partition coefficient (Wildman–Crippen LogP) is 3.40. The average Bonchev–Trinajstić information content (AvgIpc) is 2.39. The van der Waals surface area contributed by atoms with Crippen molar-refractivity contribution in [1.29, 1.82) is 0 Å². The van der Waals surface area contributed by atoms with E-state index in [9.17, 15) is 0 Å². The van der Waals surface area contributed by atoms with Crippen molar-refractivity contribution in [3.05, 3.63) is 29.8 Å². The van der Waals surface area contributed by atoms with E-state index < -0.39 is 0 Å². The lowest BCUT2D eigenvalue weighted by Gasteiger charge is -2.37. The monoisotopic (exact) mass is 250 g/mol. The lowest BCUT2D eigenvalue weighted by atomic mass is 9.94. The van der Waals surface area contributed by atoms with Crippen molar-refractivity contribution >= 4 is 0 Å². The Morgan fingerprint density at radius 3 is 2.44 bits per heavy atom. The molecule has 0 radical (unpaired) electrons.